The third kappa shape index (κ3) is 4.45. The van der Waals surface area contributed by atoms with Crippen LogP contribution in [0.5, 0.6) is 5.75 Å². The summed E-state index contributed by atoms with van der Waals surface area (Å²) in [7, 11) is 0. The zero-order chi connectivity index (χ0) is 15.1. The zero-order valence-electron chi connectivity index (χ0n) is 11.7. The van der Waals surface area contributed by atoms with Crippen LogP contribution in [0.4, 0.5) is 10.1 Å². The van der Waals surface area contributed by atoms with E-state index in [1.165, 1.54) is 30.3 Å². The molecule has 0 aromatic heterocycles. The molecule has 0 unspecified atom stereocenters. The van der Waals surface area contributed by atoms with Crippen LogP contribution in [0.3, 0.4) is 0 Å². The minimum absolute atomic E-state index is 0.187. The van der Waals surface area contributed by atoms with Gasteiger partial charge in [0.15, 0.2) is 5.78 Å². The third-order valence-electron chi connectivity index (χ3n) is 2.78. The van der Waals surface area contributed by atoms with Gasteiger partial charge in [0, 0.05) is 23.5 Å². The van der Waals surface area contributed by atoms with Gasteiger partial charge in [0.2, 0.25) is 0 Å². The molecule has 0 bridgehead atoms. The van der Waals surface area contributed by atoms with E-state index in [1.807, 2.05) is 31.2 Å². The van der Waals surface area contributed by atoms with Gasteiger partial charge in [-0.2, -0.15) is 0 Å². The molecule has 0 atom stereocenters. The first-order valence-electron chi connectivity index (χ1n) is 6.65. The van der Waals surface area contributed by atoms with Gasteiger partial charge in [0.05, 0.1) is 6.61 Å². The highest BCUT2D eigenvalue weighted by Gasteiger charge is 2.01. The number of ketones is 1. The fourth-order valence-corrected chi connectivity index (χ4v) is 1.74. The highest BCUT2D eigenvalue weighted by Crippen LogP contribution is 2.15. The Hall–Kier alpha value is -2.62. The number of carbonyl (C=O) groups excluding carboxylic acids is 1. The molecule has 0 aliphatic rings. The van der Waals surface area contributed by atoms with Crippen molar-refractivity contribution >= 4 is 11.5 Å². The lowest BCUT2D eigenvalue weighted by atomic mass is 10.1. The van der Waals surface area contributed by atoms with Gasteiger partial charge in [-0.1, -0.05) is 0 Å². The number of allylic oxidation sites excluding steroid dienone is 1. The monoisotopic (exact) mass is 285 g/mol. The SMILES string of the molecule is CCOc1ccc(N/C=C\C(=O)c2ccc(F)cc2)cc1. The van der Waals surface area contributed by atoms with Crippen LogP contribution in [0.2, 0.25) is 0 Å². The van der Waals surface area contributed by atoms with E-state index in [2.05, 4.69) is 5.32 Å². The number of hydrogen-bond acceptors (Lipinski definition) is 3. The number of hydrogen-bond donors (Lipinski definition) is 1. The van der Waals surface area contributed by atoms with Crippen molar-refractivity contribution in [2.45, 2.75) is 6.92 Å². The Morgan fingerprint density at radius 1 is 1.14 bits per heavy atom. The standard InChI is InChI=1S/C17H16FNO2/c1-2-21-16-9-7-15(8-10-16)19-12-11-17(20)13-3-5-14(18)6-4-13/h3-12,19H,2H2,1H3/b12-11-. The van der Waals surface area contributed by atoms with E-state index >= 15 is 0 Å². The molecule has 0 saturated heterocycles. The first-order valence-corrected chi connectivity index (χ1v) is 6.65. The number of carbonyl (C=O) groups is 1. The van der Waals surface area contributed by atoms with Crippen molar-refractivity contribution in [3.63, 3.8) is 0 Å². The molecule has 1 N–H and O–H groups in total. The second-order valence-electron chi connectivity index (χ2n) is 4.31. The fraction of sp³-hybridized carbons (Fsp3) is 0.118. The van der Waals surface area contributed by atoms with Gasteiger partial charge >= 0.3 is 0 Å². The van der Waals surface area contributed by atoms with Crippen molar-refractivity contribution in [3.05, 3.63) is 72.2 Å². The normalized spacial score (nSPS) is 10.6. The Bertz CT molecular complexity index is 618. The fourth-order valence-electron chi connectivity index (χ4n) is 1.74. The summed E-state index contributed by atoms with van der Waals surface area (Å²) in [5.41, 5.74) is 1.29. The zero-order valence-corrected chi connectivity index (χ0v) is 11.7. The molecule has 0 aliphatic carbocycles. The van der Waals surface area contributed by atoms with E-state index < -0.39 is 0 Å². The van der Waals surface area contributed by atoms with E-state index in [4.69, 9.17) is 4.74 Å². The molecule has 2 aromatic rings. The van der Waals surface area contributed by atoms with Crippen LogP contribution in [-0.2, 0) is 0 Å². The number of benzene rings is 2. The van der Waals surface area contributed by atoms with Gasteiger partial charge in [-0.05, 0) is 55.5 Å². The molecule has 0 heterocycles. The summed E-state index contributed by atoms with van der Waals surface area (Å²) in [6.07, 6.45) is 2.96. The second kappa shape index (κ2) is 7.24. The van der Waals surface area contributed by atoms with E-state index in [1.54, 1.807) is 6.20 Å². The Kier molecular flexibility index (Phi) is 5.10. The molecule has 4 heteroatoms. The smallest absolute Gasteiger partial charge is 0.187 e. The van der Waals surface area contributed by atoms with Crippen molar-refractivity contribution in [2.24, 2.45) is 0 Å². The van der Waals surface area contributed by atoms with Gasteiger partial charge in [0.25, 0.3) is 0 Å². The third-order valence-corrected chi connectivity index (χ3v) is 2.78. The summed E-state index contributed by atoms with van der Waals surface area (Å²) < 4.78 is 18.1. The van der Waals surface area contributed by atoms with Gasteiger partial charge < -0.3 is 10.1 Å². The van der Waals surface area contributed by atoms with Crippen LogP contribution >= 0.6 is 0 Å². The summed E-state index contributed by atoms with van der Waals surface area (Å²) in [5.74, 6) is 0.255. The first kappa shape index (κ1) is 14.8. The van der Waals surface area contributed by atoms with Crippen LogP contribution in [0.15, 0.2) is 60.8 Å². The minimum Gasteiger partial charge on any atom is -0.494 e. The predicted octanol–water partition coefficient (Wildman–Crippen LogP) is 4.03. The van der Waals surface area contributed by atoms with E-state index in [-0.39, 0.29) is 11.6 Å². The van der Waals surface area contributed by atoms with Crippen molar-refractivity contribution in [1.82, 2.24) is 0 Å². The van der Waals surface area contributed by atoms with Gasteiger partial charge in [-0.25, -0.2) is 4.39 Å². The molecule has 0 aliphatic heterocycles. The van der Waals surface area contributed by atoms with Crippen molar-refractivity contribution in [2.75, 3.05) is 11.9 Å². The van der Waals surface area contributed by atoms with Crippen molar-refractivity contribution in [3.8, 4) is 5.75 Å². The molecule has 0 spiro atoms. The Labute approximate surface area is 123 Å². The average Bonchev–Trinajstić information content (AvgIpc) is 2.50. The minimum atomic E-state index is -0.358. The number of rotatable bonds is 6. The van der Waals surface area contributed by atoms with Crippen LogP contribution in [-0.4, -0.2) is 12.4 Å². The van der Waals surface area contributed by atoms with Crippen LogP contribution in [0.25, 0.3) is 0 Å². The van der Waals surface area contributed by atoms with Crippen LogP contribution in [0, 0.1) is 5.82 Å². The molecule has 2 rings (SSSR count). The Balaban J connectivity index is 1.92. The second-order valence-corrected chi connectivity index (χ2v) is 4.31. The van der Waals surface area contributed by atoms with Crippen molar-refractivity contribution < 1.29 is 13.9 Å². The number of anilines is 1. The number of halogens is 1. The van der Waals surface area contributed by atoms with Gasteiger partial charge in [-0.15, -0.1) is 0 Å². The first-order chi connectivity index (χ1) is 10.2. The molecule has 3 nitrogen and oxygen atoms in total. The summed E-state index contributed by atoms with van der Waals surface area (Å²) >= 11 is 0. The number of nitrogens with one attached hydrogen (secondary N) is 1. The summed E-state index contributed by atoms with van der Waals surface area (Å²) in [5, 5.41) is 2.99. The van der Waals surface area contributed by atoms with Crippen LogP contribution < -0.4 is 10.1 Å². The predicted molar refractivity (Wildman–Crippen MR) is 81.1 cm³/mol. The van der Waals surface area contributed by atoms with E-state index in [9.17, 15) is 9.18 Å². The van der Waals surface area contributed by atoms with Gasteiger partial charge in [0.1, 0.15) is 11.6 Å². The quantitative estimate of drug-likeness (QED) is 0.643. The van der Waals surface area contributed by atoms with Gasteiger partial charge in [-0.3, -0.25) is 4.79 Å². The maximum Gasteiger partial charge on any atom is 0.187 e. The Morgan fingerprint density at radius 3 is 2.43 bits per heavy atom. The molecule has 0 radical (unpaired) electrons. The lowest BCUT2D eigenvalue weighted by Crippen LogP contribution is -1.96. The molecule has 0 saturated carbocycles. The number of ether oxygens (including phenoxy) is 1. The highest BCUT2D eigenvalue weighted by atomic mass is 19.1. The van der Waals surface area contributed by atoms with E-state index in [0.717, 1.165) is 11.4 Å². The maximum absolute atomic E-state index is 12.8. The van der Waals surface area contributed by atoms with E-state index in [0.29, 0.717) is 12.2 Å². The summed E-state index contributed by atoms with van der Waals surface area (Å²) in [4.78, 5) is 11.8. The maximum atomic E-state index is 12.8. The average molecular weight is 285 g/mol. The molecule has 21 heavy (non-hydrogen) atoms. The molecular weight excluding hydrogens is 269 g/mol. The molecular formula is C17H16FNO2. The highest BCUT2D eigenvalue weighted by molar-refractivity contribution is 6.04. The lowest BCUT2D eigenvalue weighted by Gasteiger charge is -2.04. The summed E-state index contributed by atoms with van der Waals surface area (Å²) in [6.45, 7) is 2.55. The lowest BCUT2D eigenvalue weighted by molar-refractivity contribution is 0.104. The molecule has 0 fully saturated rings. The summed E-state index contributed by atoms with van der Waals surface area (Å²) in [6, 6.07) is 12.9. The molecule has 0 amide bonds. The largest absolute Gasteiger partial charge is 0.494 e. The Morgan fingerprint density at radius 2 is 1.81 bits per heavy atom. The van der Waals surface area contributed by atoms with Crippen LogP contribution in [0.1, 0.15) is 17.3 Å². The topological polar surface area (TPSA) is 38.3 Å². The molecule has 108 valence electrons. The molecule has 2 aromatic carbocycles. The van der Waals surface area contributed by atoms with Crippen molar-refractivity contribution in [1.29, 1.82) is 0 Å².